The molecule has 2 aliphatic rings. The number of nitrogens with zero attached hydrogens (tertiary/aromatic N) is 1. The normalized spacial score (nSPS) is 27.2. The van der Waals surface area contributed by atoms with Crippen molar-refractivity contribution >= 4 is 33.7 Å². The molecule has 0 aromatic heterocycles. The minimum absolute atomic E-state index is 0.0452. The van der Waals surface area contributed by atoms with Gasteiger partial charge in [-0.3, -0.25) is 9.59 Å². The first kappa shape index (κ1) is 29.9. The van der Waals surface area contributed by atoms with Gasteiger partial charge in [-0.2, -0.15) is 0 Å². The summed E-state index contributed by atoms with van der Waals surface area (Å²) in [6.07, 6.45) is 7.47. The lowest BCUT2D eigenvalue weighted by atomic mass is 9.87. The maximum atomic E-state index is 13.4. The molecule has 0 aromatic carbocycles. The van der Waals surface area contributed by atoms with Gasteiger partial charge in [0.15, 0.2) is 11.6 Å². The largest absolute Gasteiger partial charge is 0.441 e. The predicted octanol–water partition coefficient (Wildman–Crippen LogP) is 4.84. The van der Waals surface area contributed by atoms with Gasteiger partial charge in [0.1, 0.15) is 11.7 Å². The number of hydrogen-bond donors (Lipinski definition) is 2. The van der Waals surface area contributed by atoms with E-state index in [1.165, 1.54) is 6.08 Å². The number of amides is 2. The van der Waals surface area contributed by atoms with Crippen molar-refractivity contribution in [1.29, 1.82) is 0 Å². The van der Waals surface area contributed by atoms with Crippen molar-refractivity contribution < 1.29 is 34.1 Å². The van der Waals surface area contributed by atoms with Crippen LogP contribution in [-0.4, -0.2) is 63.0 Å². The lowest BCUT2D eigenvalue weighted by Crippen LogP contribution is -2.54. The Morgan fingerprint density at radius 1 is 1.06 bits per heavy atom. The second-order valence-corrected chi connectivity index (χ2v) is 11.5. The monoisotopic (exact) mass is 559 g/mol. The molecule has 2 rings (SSSR count). The van der Waals surface area contributed by atoms with Crippen molar-refractivity contribution in [3.05, 3.63) is 10.6 Å². The van der Waals surface area contributed by atoms with Crippen LogP contribution in [0.3, 0.4) is 0 Å². The summed E-state index contributed by atoms with van der Waals surface area (Å²) in [7, 11) is 0. The van der Waals surface area contributed by atoms with Crippen LogP contribution in [0.1, 0.15) is 92.4 Å². The fraction of sp³-hybridized carbons (Fsp3) is 0.808. The minimum atomic E-state index is -1.70. The summed E-state index contributed by atoms with van der Waals surface area (Å²) in [6.45, 7) is 9.15. The molecule has 2 amide bonds. The predicted molar refractivity (Wildman–Crippen MR) is 136 cm³/mol. The molecule has 0 bridgehead atoms. The minimum Gasteiger partial charge on any atom is -0.441 e. The van der Waals surface area contributed by atoms with E-state index in [1.54, 1.807) is 20.8 Å². The van der Waals surface area contributed by atoms with Gasteiger partial charge in [0.2, 0.25) is 5.91 Å². The van der Waals surface area contributed by atoms with Crippen LogP contribution >= 0.6 is 15.9 Å². The smallest absolute Gasteiger partial charge is 0.417 e. The Morgan fingerprint density at radius 2 is 1.60 bits per heavy atom. The van der Waals surface area contributed by atoms with E-state index in [-0.39, 0.29) is 23.4 Å². The van der Waals surface area contributed by atoms with Gasteiger partial charge < -0.3 is 19.7 Å². The zero-order chi connectivity index (χ0) is 26.4. The highest BCUT2D eigenvalue weighted by atomic mass is 79.9. The van der Waals surface area contributed by atoms with Crippen LogP contribution in [0.2, 0.25) is 0 Å². The van der Waals surface area contributed by atoms with Crippen molar-refractivity contribution in [3.63, 3.8) is 0 Å². The molecular formula is C26H42BrNO7. The SMILES string of the molecule is CC(C)[C@@H]1N(C(=O)[C@@H](C)[C@@H]2O[C@](O)(CCCCCCCCCCO)C(Br)=CC2=O)C(=O)OC1(C)C. The van der Waals surface area contributed by atoms with E-state index < -0.39 is 47.2 Å². The van der Waals surface area contributed by atoms with E-state index in [0.29, 0.717) is 6.42 Å². The quantitative estimate of drug-likeness (QED) is 0.310. The fourth-order valence-corrected chi connectivity index (χ4v) is 5.66. The van der Waals surface area contributed by atoms with Crippen LogP contribution < -0.4 is 0 Å². The maximum absolute atomic E-state index is 13.4. The lowest BCUT2D eigenvalue weighted by Gasteiger charge is -2.38. The van der Waals surface area contributed by atoms with Gasteiger partial charge in [-0.25, -0.2) is 9.69 Å². The van der Waals surface area contributed by atoms with Crippen LogP contribution in [-0.2, 0) is 19.1 Å². The number of aliphatic hydroxyl groups is 2. The van der Waals surface area contributed by atoms with E-state index in [4.69, 9.17) is 14.6 Å². The zero-order valence-electron chi connectivity index (χ0n) is 21.7. The third-order valence-electron chi connectivity index (χ3n) is 6.92. The lowest BCUT2D eigenvalue weighted by molar-refractivity contribution is -0.217. The molecule has 9 heteroatoms. The highest BCUT2D eigenvalue weighted by Crippen LogP contribution is 2.39. The maximum Gasteiger partial charge on any atom is 0.417 e. The number of halogens is 1. The molecule has 1 fully saturated rings. The Morgan fingerprint density at radius 3 is 2.14 bits per heavy atom. The molecule has 200 valence electrons. The topological polar surface area (TPSA) is 113 Å². The number of ketones is 1. The van der Waals surface area contributed by atoms with E-state index in [2.05, 4.69) is 15.9 Å². The van der Waals surface area contributed by atoms with E-state index in [9.17, 15) is 19.5 Å². The molecular weight excluding hydrogens is 518 g/mol. The molecule has 8 nitrogen and oxygen atoms in total. The van der Waals surface area contributed by atoms with Crippen molar-refractivity contribution in [2.45, 2.75) is 116 Å². The number of rotatable bonds is 13. The molecule has 0 radical (unpaired) electrons. The number of carbonyl (C=O) groups excluding carboxylic acids is 3. The number of hydrogen-bond acceptors (Lipinski definition) is 7. The summed E-state index contributed by atoms with van der Waals surface area (Å²) in [6, 6.07) is -0.478. The van der Waals surface area contributed by atoms with Crippen molar-refractivity contribution in [2.24, 2.45) is 11.8 Å². The van der Waals surface area contributed by atoms with Crippen LogP contribution in [0.4, 0.5) is 4.79 Å². The molecule has 1 saturated heterocycles. The van der Waals surface area contributed by atoms with Crippen molar-refractivity contribution in [2.75, 3.05) is 6.61 Å². The van der Waals surface area contributed by atoms with Crippen LogP contribution in [0.15, 0.2) is 10.6 Å². The Labute approximate surface area is 217 Å². The number of unbranched alkanes of at least 4 members (excludes halogenated alkanes) is 7. The molecule has 2 heterocycles. The van der Waals surface area contributed by atoms with Gasteiger partial charge in [0.25, 0.3) is 0 Å². The van der Waals surface area contributed by atoms with Crippen molar-refractivity contribution in [3.8, 4) is 0 Å². The number of carbonyl (C=O) groups is 3. The first-order chi connectivity index (χ1) is 16.4. The van der Waals surface area contributed by atoms with Gasteiger partial charge >= 0.3 is 6.09 Å². The van der Waals surface area contributed by atoms with Crippen LogP contribution in [0.25, 0.3) is 0 Å². The molecule has 0 aliphatic carbocycles. The number of ether oxygens (including phenoxy) is 2. The average Bonchev–Trinajstić information content (AvgIpc) is 3.02. The average molecular weight is 561 g/mol. The summed E-state index contributed by atoms with van der Waals surface area (Å²) < 4.78 is 11.6. The van der Waals surface area contributed by atoms with Gasteiger partial charge in [-0.15, -0.1) is 0 Å². The van der Waals surface area contributed by atoms with Gasteiger partial charge in [0.05, 0.1) is 16.4 Å². The highest BCUT2D eigenvalue weighted by molar-refractivity contribution is 9.11. The Bertz CT molecular complexity index is 797. The Hall–Kier alpha value is -1.29. The molecule has 0 aromatic rings. The number of cyclic esters (lactones) is 1. The van der Waals surface area contributed by atoms with Gasteiger partial charge in [-0.1, -0.05) is 59.3 Å². The molecule has 2 aliphatic heterocycles. The van der Waals surface area contributed by atoms with Gasteiger partial charge in [-0.05, 0) is 54.6 Å². The zero-order valence-corrected chi connectivity index (χ0v) is 23.3. The third kappa shape index (κ3) is 7.37. The standard InChI is InChI=1S/C26H42BrNO7/c1-17(2)22-25(4,5)35-24(32)28(22)23(31)18(3)21-19(30)16-20(27)26(33,34-21)14-12-10-8-6-7-9-11-13-15-29/h16-18,21-22,29,33H,6-15H2,1-5H3/t18-,21-,22-,26+/m0/s1. The fourth-order valence-electron chi connectivity index (χ4n) is 5.14. The van der Waals surface area contributed by atoms with E-state index >= 15 is 0 Å². The van der Waals surface area contributed by atoms with E-state index in [1.807, 2.05) is 13.8 Å². The molecule has 35 heavy (non-hydrogen) atoms. The molecule has 0 saturated carbocycles. The summed E-state index contributed by atoms with van der Waals surface area (Å²) in [5.74, 6) is -3.70. The highest BCUT2D eigenvalue weighted by Gasteiger charge is 2.54. The van der Waals surface area contributed by atoms with E-state index in [0.717, 1.165) is 49.8 Å². The van der Waals surface area contributed by atoms with Crippen molar-refractivity contribution in [1.82, 2.24) is 4.90 Å². The second kappa shape index (κ2) is 12.8. The first-order valence-electron chi connectivity index (χ1n) is 12.8. The summed E-state index contributed by atoms with van der Waals surface area (Å²) >= 11 is 3.28. The number of imide groups is 1. The second-order valence-electron chi connectivity index (χ2n) is 10.7. The summed E-state index contributed by atoms with van der Waals surface area (Å²) in [5, 5.41) is 20.0. The number of aliphatic hydroxyl groups excluding tert-OH is 1. The third-order valence-corrected chi connectivity index (χ3v) is 7.77. The molecule has 0 unspecified atom stereocenters. The van der Waals surface area contributed by atoms with Crippen LogP contribution in [0, 0.1) is 11.8 Å². The molecule has 4 atom stereocenters. The van der Waals surface area contributed by atoms with Gasteiger partial charge in [0, 0.05) is 13.0 Å². The molecule has 2 N–H and O–H groups in total. The Kier molecular flexibility index (Phi) is 10.9. The Balaban J connectivity index is 1.99. The first-order valence-corrected chi connectivity index (χ1v) is 13.6. The molecule has 0 spiro atoms. The summed E-state index contributed by atoms with van der Waals surface area (Å²) in [5.41, 5.74) is -0.847. The van der Waals surface area contributed by atoms with Crippen LogP contribution in [0.5, 0.6) is 0 Å². The summed E-state index contributed by atoms with van der Waals surface area (Å²) in [4.78, 5) is 39.8.